The highest BCUT2D eigenvalue weighted by atomic mass is 35.5. The van der Waals surface area contributed by atoms with Crippen molar-refractivity contribution in [3.8, 4) is 5.75 Å². The van der Waals surface area contributed by atoms with E-state index in [0.29, 0.717) is 40.4 Å². The second kappa shape index (κ2) is 8.60. The fraction of sp³-hybridized carbons (Fsp3) is 0.167. The monoisotopic (exact) mass is 373 g/mol. The average Bonchev–Trinajstić information content (AvgIpc) is 3.08. The third-order valence-corrected chi connectivity index (χ3v) is 4.44. The van der Waals surface area contributed by atoms with E-state index < -0.39 is 0 Å². The number of halogens is 1. The van der Waals surface area contributed by atoms with Crippen molar-refractivity contribution in [1.82, 2.24) is 10.2 Å². The third kappa shape index (κ3) is 5.55. The van der Waals surface area contributed by atoms with Crippen molar-refractivity contribution < 1.29 is 9.53 Å². The zero-order valence-corrected chi connectivity index (χ0v) is 14.9. The molecule has 0 atom stereocenters. The van der Waals surface area contributed by atoms with Crippen molar-refractivity contribution in [2.24, 2.45) is 0 Å². The van der Waals surface area contributed by atoms with E-state index in [1.807, 2.05) is 30.3 Å². The van der Waals surface area contributed by atoms with E-state index >= 15 is 0 Å². The largest absolute Gasteiger partial charge is 0.486 e. The number of hydrogen-bond acceptors (Lipinski definition) is 5. The Kier molecular flexibility index (Phi) is 5.98. The molecule has 3 rings (SSSR count). The maximum atomic E-state index is 12.0. The molecule has 0 spiro atoms. The van der Waals surface area contributed by atoms with Crippen molar-refractivity contribution in [1.29, 1.82) is 0 Å². The Morgan fingerprint density at radius 2 is 1.84 bits per heavy atom. The summed E-state index contributed by atoms with van der Waals surface area (Å²) >= 11 is 7.13. The van der Waals surface area contributed by atoms with Crippen LogP contribution in [0.5, 0.6) is 5.75 Å². The van der Waals surface area contributed by atoms with Crippen LogP contribution in [-0.4, -0.2) is 16.1 Å². The quantitative estimate of drug-likeness (QED) is 0.669. The molecule has 0 saturated heterocycles. The number of hydrogen-bond donors (Lipinski definition) is 1. The molecule has 1 N–H and O–H groups in total. The number of nitrogens with zero attached hydrogens (tertiary/aromatic N) is 2. The first kappa shape index (κ1) is 17.4. The lowest BCUT2D eigenvalue weighted by Gasteiger charge is -2.03. The Morgan fingerprint density at radius 3 is 2.60 bits per heavy atom. The van der Waals surface area contributed by atoms with Gasteiger partial charge in [0.1, 0.15) is 12.4 Å². The molecule has 0 fully saturated rings. The second-order valence-electron chi connectivity index (χ2n) is 5.28. The summed E-state index contributed by atoms with van der Waals surface area (Å²) < 4.78 is 5.61. The number of carbonyl (C=O) groups excluding carboxylic acids is 1. The van der Waals surface area contributed by atoms with Gasteiger partial charge in [0.05, 0.1) is 0 Å². The summed E-state index contributed by atoms with van der Waals surface area (Å²) in [5.41, 5.74) is 1.13. The zero-order valence-electron chi connectivity index (χ0n) is 13.3. The summed E-state index contributed by atoms with van der Waals surface area (Å²) in [4.78, 5) is 12.0. The molecule has 0 aliphatic carbocycles. The molecule has 3 aromatic rings. The minimum atomic E-state index is -0.0785. The molecule has 1 amide bonds. The fourth-order valence-electron chi connectivity index (χ4n) is 2.12. The second-order valence-corrected chi connectivity index (χ2v) is 6.78. The standard InChI is InChI=1S/C18H16ClN3O2S/c19-14-7-9-15(10-8-14)24-12-17-21-22-18(25-17)20-16(23)11-6-13-4-2-1-3-5-13/h1-5,7-10H,6,11-12H2,(H,20,22,23). The van der Waals surface area contributed by atoms with Crippen molar-refractivity contribution in [2.45, 2.75) is 19.4 Å². The molecule has 0 aliphatic rings. The minimum Gasteiger partial charge on any atom is -0.486 e. The summed E-state index contributed by atoms with van der Waals surface area (Å²) in [5, 5.41) is 12.6. The Hall–Kier alpha value is -2.44. The first-order chi connectivity index (χ1) is 12.2. The molecule has 7 heteroatoms. The number of ether oxygens (including phenoxy) is 1. The molecule has 2 aromatic carbocycles. The number of aryl methyl sites for hydroxylation is 1. The van der Waals surface area contributed by atoms with E-state index in [2.05, 4.69) is 15.5 Å². The van der Waals surface area contributed by atoms with Gasteiger partial charge >= 0.3 is 0 Å². The van der Waals surface area contributed by atoms with Crippen molar-refractivity contribution in [3.63, 3.8) is 0 Å². The normalized spacial score (nSPS) is 10.4. The van der Waals surface area contributed by atoms with Gasteiger partial charge < -0.3 is 10.1 Å². The summed E-state index contributed by atoms with van der Waals surface area (Å²) in [6, 6.07) is 17.0. The molecule has 5 nitrogen and oxygen atoms in total. The van der Waals surface area contributed by atoms with Crippen LogP contribution >= 0.6 is 22.9 Å². The van der Waals surface area contributed by atoms with Crippen molar-refractivity contribution in [3.05, 3.63) is 70.2 Å². The number of rotatable bonds is 7. The van der Waals surface area contributed by atoms with Gasteiger partial charge in [0.2, 0.25) is 11.0 Å². The number of aromatic nitrogens is 2. The zero-order chi connectivity index (χ0) is 17.5. The van der Waals surface area contributed by atoms with Gasteiger partial charge in [-0.1, -0.05) is 53.3 Å². The topological polar surface area (TPSA) is 64.1 Å². The first-order valence-electron chi connectivity index (χ1n) is 7.73. The predicted octanol–water partition coefficient (Wildman–Crippen LogP) is 4.34. The third-order valence-electron chi connectivity index (χ3n) is 3.37. The van der Waals surface area contributed by atoms with Gasteiger partial charge in [-0.05, 0) is 36.2 Å². The minimum absolute atomic E-state index is 0.0785. The maximum absolute atomic E-state index is 12.0. The highest BCUT2D eigenvalue weighted by Gasteiger charge is 2.09. The fourth-order valence-corrected chi connectivity index (χ4v) is 2.92. The van der Waals surface area contributed by atoms with Crippen LogP contribution in [0.2, 0.25) is 5.02 Å². The number of amides is 1. The average molecular weight is 374 g/mol. The van der Waals surface area contributed by atoms with E-state index in [1.54, 1.807) is 24.3 Å². The van der Waals surface area contributed by atoms with E-state index in [0.717, 1.165) is 5.56 Å². The molecule has 0 unspecified atom stereocenters. The number of carbonyl (C=O) groups is 1. The Balaban J connectivity index is 1.46. The van der Waals surface area contributed by atoms with Gasteiger partial charge in [0.25, 0.3) is 0 Å². The molecule has 1 aromatic heterocycles. The van der Waals surface area contributed by atoms with E-state index in [-0.39, 0.29) is 5.91 Å². The lowest BCUT2D eigenvalue weighted by Crippen LogP contribution is -2.12. The van der Waals surface area contributed by atoms with Crippen LogP contribution in [0.15, 0.2) is 54.6 Å². The van der Waals surface area contributed by atoms with Crippen molar-refractivity contribution >= 4 is 34.0 Å². The lowest BCUT2D eigenvalue weighted by molar-refractivity contribution is -0.116. The molecule has 1 heterocycles. The Morgan fingerprint density at radius 1 is 1.08 bits per heavy atom. The van der Waals surface area contributed by atoms with E-state index in [1.165, 1.54) is 11.3 Å². The van der Waals surface area contributed by atoms with Gasteiger partial charge in [0.15, 0.2) is 5.01 Å². The van der Waals surface area contributed by atoms with E-state index in [4.69, 9.17) is 16.3 Å². The molecular weight excluding hydrogens is 358 g/mol. The van der Waals surface area contributed by atoms with E-state index in [9.17, 15) is 4.79 Å². The summed E-state index contributed by atoms with van der Waals surface area (Å²) in [6.07, 6.45) is 1.10. The number of nitrogens with one attached hydrogen (secondary N) is 1. The molecule has 0 radical (unpaired) electrons. The highest BCUT2D eigenvalue weighted by Crippen LogP contribution is 2.20. The number of benzene rings is 2. The van der Waals surface area contributed by atoms with Gasteiger partial charge in [-0.3, -0.25) is 4.79 Å². The smallest absolute Gasteiger partial charge is 0.226 e. The molecule has 25 heavy (non-hydrogen) atoms. The Bertz CT molecular complexity index is 822. The predicted molar refractivity (Wildman–Crippen MR) is 99.1 cm³/mol. The van der Waals surface area contributed by atoms with Gasteiger partial charge in [0, 0.05) is 11.4 Å². The lowest BCUT2D eigenvalue weighted by atomic mass is 10.1. The van der Waals surface area contributed by atoms with Gasteiger partial charge in [-0.25, -0.2) is 0 Å². The number of anilines is 1. The van der Waals surface area contributed by atoms with Crippen LogP contribution in [-0.2, 0) is 17.8 Å². The SMILES string of the molecule is O=C(CCc1ccccc1)Nc1nnc(COc2ccc(Cl)cc2)s1. The summed E-state index contributed by atoms with van der Waals surface area (Å²) in [7, 11) is 0. The van der Waals surface area contributed by atoms with Gasteiger partial charge in [-0.15, -0.1) is 10.2 Å². The first-order valence-corrected chi connectivity index (χ1v) is 8.93. The van der Waals surface area contributed by atoms with Crippen LogP contribution in [0.25, 0.3) is 0 Å². The van der Waals surface area contributed by atoms with Crippen LogP contribution in [0.1, 0.15) is 17.0 Å². The van der Waals surface area contributed by atoms with Crippen molar-refractivity contribution in [2.75, 3.05) is 5.32 Å². The van der Waals surface area contributed by atoms with Crippen LogP contribution in [0.3, 0.4) is 0 Å². The van der Waals surface area contributed by atoms with Crippen LogP contribution in [0.4, 0.5) is 5.13 Å². The van der Waals surface area contributed by atoms with Crippen LogP contribution in [0, 0.1) is 0 Å². The molecule has 128 valence electrons. The van der Waals surface area contributed by atoms with Gasteiger partial charge in [-0.2, -0.15) is 0 Å². The van der Waals surface area contributed by atoms with Crippen LogP contribution < -0.4 is 10.1 Å². The molecule has 0 bridgehead atoms. The molecular formula is C18H16ClN3O2S. The summed E-state index contributed by atoms with van der Waals surface area (Å²) in [5.74, 6) is 0.623. The summed E-state index contributed by atoms with van der Waals surface area (Å²) in [6.45, 7) is 0.291. The molecule has 0 saturated carbocycles. The maximum Gasteiger partial charge on any atom is 0.226 e. The molecule has 0 aliphatic heterocycles. The Labute approximate surface area is 154 Å². The highest BCUT2D eigenvalue weighted by molar-refractivity contribution is 7.15.